The summed E-state index contributed by atoms with van der Waals surface area (Å²) in [7, 11) is -4.17. The van der Waals surface area contributed by atoms with E-state index in [9.17, 15) is 18.0 Å². The summed E-state index contributed by atoms with van der Waals surface area (Å²) in [5, 5.41) is 11.6. The number of aromatic nitrogens is 1. The number of pyridine rings is 1. The SMILES string of the molecule is O=C(Nc1cccc(S(=O)(=O)NC(=O)c2ccc(CO)nc2)c1)c1ccccc1. The maximum atomic E-state index is 12.5. The Balaban J connectivity index is 1.75. The van der Waals surface area contributed by atoms with Gasteiger partial charge in [-0.25, -0.2) is 13.1 Å². The third-order valence-corrected chi connectivity index (χ3v) is 5.24. The number of anilines is 1. The molecule has 3 aromatic rings. The van der Waals surface area contributed by atoms with Crippen LogP contribution in [0.4, 0.5) is 5.69 Å². The summed E-state index contributed by atoms with van der Waals surface area (Å²) >= 11 is 0. The largest absolute Gasteiger partial charge is 0.390 e. The summed E-state index contributed by atoms with van der Waals surface area (Å²) < 4.78 is 27.0. The minimum absolute atomic E-state index is 0.0271. The van der Waals surface area contributed by atoms with Crippen molar-refractivity contribution in [2.24, 2.45) is 0 Å². The number of carbonyl (C=O) groups is 2. The van der Waals surface area contributed by atoms with Crippen LogP contribution in [0.2, 0.25) is 0 Å². The van der Waals surface area contributed by atoms with Crippen LogP contribution in [0.25, 0.3) is 0 Å². The molecule has 2 amide bonds. The van der Waals surface area contributed by atoms with Crippen molar-refractivity contribution >= 4 is 27.5 Å². The summed E-state index contributed by atoms with van der Waals surface area (Å²) in [6, 6.07) is 16.8. The number of nitrogens with one attached hydrogen (secondary N) is 2. The van der Waals surface area contributed by atoms with Crippen molar-refractivity contribution in [3.05, 3.63) is 89.7 Å². The van der Waals surface area contributed by atoms with Gasteiger partial charge in [-0.1, -0.05) is 24.3 Å². The lowest BCUT2D eigenvalue weighted by molar-refractivity contribution is 0.0979. The normalized spacial score (nSPS) is 10.9. The van der Waals surface area contributed by atoms with Crippen molar-refractivity contribution in [2.75, 3.05) is 5.32 Å². The third kappa shape index (κ3) is 5.03. The summed E-state index contributed by atoms with van der Waals surface area (Å²) in [5.41, 5.74) is 1.07. The molecule has 3 N–H and O–H groups in total. The highest BCUT2D eigenvalue weighted by molar-refractivity contribution is 7.90. The Morgan fingerprint density at radius 1 is 0.897 bits per heavy atom. The van der Waals surface area contributed by atoms with E-state index in [1.165, 1.54) is 36.5 Å². The van der Waals surface area contributed by atoms with Gasteiger partial charge >= 0.3 is 0 Å². The zero-order chi connectivity index (χ0) is 20.9. The van der Waals surface area contributed by atoms with Crippen LogP contribution in [0.5, 0.6) is 0 Å². The molecule has 0 unspecified atom stereocenters. The molecule has 0 aliphatic carbocycles. The maximum absolute atomic E-state index is 12.5. The number of sulfonamides is 1. The number of rotatable bonds is 6. The molecule has 0 bridgehead atoms. The molecule has 0 saturated carbocycles. The average molecular weight is 411 g/mol. The highest BCUT2D eigenvalue weighted by atomic mass is 32.2. The molecule has 148 valence electrons. The van der Waals surface area contributed by atoms with Crippen molar-refractivity contribution in [3.8, 4) is 0 Å². The Labute approximate surface area is 167 Å². The highest BCUT2D eigenvalue weighted by Crippen LogP contribution is 2.17. The monoisotopic (exact) mass is 411 g/mol. The molecule has 9 heteroatoms. The Morgan fingerprint density at radius 2 is 1.66 bits per heavy atom. The van der Waals surface area contributed by atoms with Gasteiger partial charge < -0.3 is 10.4 Å². The first-order valence-corrected chi connectivity index (χ1v) is 9.97. The van der Waals surface area contributed by atoms with Gasteiger partial charge in [-0.3, -0.25) is 14.6 Å². The van der Waals surface area contributed by atoms with Crippen LogP contribution in [0, 0.1) is 0 Å². The van der Waals surface area contributed by atoms with E-state index in [-0.39, 0.29) is 28.7 Å². The van der Waals surface area contributed by atoms with Gasteiger partial charge in [0.05, 0.1) is 22.8 Å². The second-order valence-electron chi connectivity index (χ2n) is 5.98. The number of hydrogen-bond donors (Lipinski definition) is 3. The second-order valence-corrected chi connectivity index (χ2v) is 7.66. The summed E-state index contributed by atoms with van der Waals surface area (Å²) in [6.45, 7) is -0.290. The number of nitrogens with zero attached hydrogens (tertiary/aromatic N) is 1. The molecular weight excluding hydrogens is 394 g/mol. The van der Waals surface area contributed by atoms with Crippen LogP contribution in [0.1, 0.15) is 26.4 Å². The van der Waals surface area contributed by atoms with Gasteiger partial charge in [0.1, 0.15) is 0 Å². The van der Waals surface area contributed by atoms with Crippen molar-refractivity contribution < 1.29 is 23.1 Å². The van der Waals surface area contributed by atoms with E-state index >= 15 is 0 Å². The first-order valence-electron chi connectivity index (χ1n) is 8.48. The molecule has 0 spiro atoms. The molecule has 0 aliphatic rings. The molecule has 8 nitrogen and oxygen atoms in total. The standard InChI is InChI=1S/C20H17N3O5S/c24-13-17-10-9-15(12-21-17)20(26)23-29(27,28)18-8-4-7-16(11-18)22-19(25)14-5-2-1-3-6-14/h1-12,24H,13H2,(H,22,25)(H,23,26). The molecule has 0 aliphatic heterocycles. The van der Waals surface area contributed by atoms with E-state index in [0.29, 0.717) is 11.3 Å². The van der Waals surface area contributed by atoms with Crippen molar-refractivity contribution in [2.45, 2.75) is 11.5 Å². The van der Waals surface area contributed by atoms with Gasteiger partial charge in [0.2, 0.25) is 0 Å². The number of amides is 2. The Hall–Kier alpha value is -3.56. The Morgan fingerprint density at radius 3 is 2.31 bits per heavy atom. The molecule has 2 aromatic carbocycles. The molecular formula is C20H17N3O5S. The first-order chi connectivity index (χ1) is 13.9. The van der Waals surface area contributed by atoms with Gasteiger partial charge in [-0.2, -0.15) is 0 Å². The summed E-state index contributed by atoms with van der Waals surface area (Å²) in [5.74, 6) is -1.25. The van der Waals surface area contributed by atoms with Gasteiger partial charge in [0.25, 0.3) is 21.8 Å². The number of aliphatic hydroxyl groups excluding tert-OH is 1. The Bertz CT molecular complexity index is 1130. The van der Waals surface area contributed by atoms with E-state index in [4.69, 9.17) is 5.11 Å². The van der Waals surface area contributed by atoms with Crippen LogP contribution in [0.3, 0.4) is 0 Å². The number of hydrogen-bond acceptors (Lipinski definition) is 6. The van der Waals surface area contributed by atoms with Crippen molar-refractivity contribution in [3.63, 3.8) is 0 Å². The van der Waals surface area contributed by atoms with E-state index < -0.39 is 15.9 Å². The van der Waals surface area contributed by atoms with Gasteiger partial charge in [-0.15, -0.1) is 0 Å². The fraction of sp³-hybridized carbons (Fsp3) is 0.0500. The summed E-state index contributed by atoms with van der Waals surface area (Å²) in [6.07, 6.45) is 1.17. The fourth-order valence-electron chi connectivity index (χ4n) is 2.43. The Kier molecular flexibility index (Phi) is 6.01. The van der Waals surface area contributed by atoms with Crippen LogP contribution < -0.4 is 10.0 Å². The fourth-order valence-corrected chi connectivity index (χ4v) is 3.45. The molecule has 1 aromatic heterocycles. The van der Waals surface area contributed by atoms with E-state index in [2.05, 4.69) is 10.3 Å². The lowest BCUT2D eigenvalue weighted by atomic mass is 10.2. The minimum atomic E-state index is -4.17. The quantitative estimate of drug-likeness (QED) is 0.569. The lowest BCUT2D eigenvalue weighted by Crippen LogP contribution is -2.30. The average Bonchev–Trinajstić information content (AvgIpc) is 2.74. The van der Waals surface area contributed by atoms with Crippen molar-refractivity contribution in [1.29, 1.82) is 0 Å². The van der Waals surface area contributed by atoms with Crippen molar-refractivity contribution in [1.82, 2.24) is 9.71 Å². The minimum Gasteiger partial charge on any atom is -0.390 e. The first kappa shape index (κ1) is 20.2. The van der Waals surface area contributed by atoms with Crippen LogP contribution in [-0.4, -0.2) is 30.3 Å². The maximum Gasteiger partial charge on any atom is 0.266 e. The zero-order valence-corrected chi connectivity index (χ0v) is 15.9. The predicted molar refractivity (Wildman–Crippen MR) is 106 cm³/mol. The molecule has 0 radical (unpaired) electrons. The molecule has 0 fully saturated rings. The second kappa shape index (κ2) is 8.63. The van der Waals surface area contributed by atoms with E-state index in [1.807, 2.05) is 4.72 Å². The number of aliphatic hydroxyl groups is 1. The van der Waals surface area contributed by atoms with Gasteiger partial charge in [0.15, 0.2) is 0 Å². The molecule has 0 saturated heterocycles. The smallest absolute Gasteiger partial charge is 0.266 e. The van der Waals surface area contributed by atoms with Gasteiger partial charge in [-0.05, 0) is 42.5 Å². The number of carbonyl (C=O) groups excluding carboxylic acids is 2. The molecule has 3 rings (SSSR count). The molecule has 0 atom stereocenters. The number of benzene rings is 2. The topological polar surface area (TPSA) is 125 Å². The zero-order valence-electron chi connectivity index (χ0n) is 15.1. The van der Waals surface area contributed by atoms with Crippen LogP contribution in [-0.2, 0) is 16.6 Å². The lowest BCUT2D eigenvalue weighted by Gasteiger charge is -2.10. The van der Waals surface area contributed by atoms with Gasteiger partial charge in [0, 0.05) is 17.4 Å². The predicted octanol–water partition coefficient (Wildman–Crippen LogP) is 1.94. The van der Waals surface area contributed by atoms with E-state index in [1.54, 1.807) is 36.4 Å². The summed E-state index contributed by atoms with van der Waals surface area (Å²) in [4.78, 5) is 28.1. The van der Waals surface area contributed by atoms with Crippen LogP contribution in [0.15, 0.2) is 77.8 Å². The molecule has 29 heavy (non-hydrogen) atoms. The van der Waals surface area contributed by atoms with Crippen LogP contribution >= 0.6 is 0 Å². The third-order valence-electron chi connectivity index (χ3n) is 3.91. The van der Waals surface area contributed by atoms with E-state index in [0.717, 1.165) is 0 Å². The highest BCUT2D eigenvalue weighted by Gasteiger charge is 2.20. The molecule has 1 heterocycles.